The van der Waals surface area contributed by atoms with E-state index in [2.05, 4.69) is 11.7 Å². The maximum atomic E-state index is 13.1. The molecular weight excluding hydrogens is 424 g/mol. The zero-order valence-corrected chi connectivity index (χ0v) is 19.3. The summed E-state index contributed by atoms with van der Waals surface area (Å²) in [4.78, 5) is 28.8. The van der Waals surface area contributed by atoms with Gasteiger partial charge in [0.1, 0.15) is 12.4 Å². The van der Waals surface area contributed by atoms with E-state index in [0.717, 1.165) is 17.1 Å². The van der Waals surface area contributed by atoms with Gasteiger partial charge in [0.05, 0.1) is 15.0 Å². The van der Waals surface area contributed by atoms with Crippen molar-refractivity contribution in [2.45, 2.75) is 33.1 Å². The van der Waals surface area contributed by atoms with Gasteiger partial charge in [-0.3, -0.25) is 4.79 Å². The number of nitrogens with zero attached hydrogens (tertiary/aromatic N) is 4. The highest BCUT2D eigenvalue weighted by Crippen LogP contribution is 2.36. The lowest BCUT2D eigenvalue weighted by atomic mass is 9.96. The molecule has 1 aliphatic heterocycles. The number of amides is 1. The summed E-state index contributed by atoms with van der Waals surface area (Å²) >= 11 is 7.54. The smallest absolute Gasteiger partial charge is 0.410 e. The molecule has 1 atom stereocenters. The summed E-state index contributed by atoms with van der Waals surface area (Å²) in [5.74, 6) is 0.615. The first kappa shape index (κ1) is 22.4. The molecule has 30 heavy (non-hydrogen) atoms. The Morgan fingerprint density at radius 1 is 1.43 bits per heavy atom. The highest BCUT2D eigenvalue weighted by atomic mass is 35.5. The second-order valence-corrected chi connectivity index (χ2v) is 10.0. The molecule has 3 rings (SSSR count). The van der Waals surface area contributed by atoms with Crippen molar-refractivity contribution in [2.24, 2.45) is 5.41 Å². The Hall–Kier alpha value is -2.32. The van der Waals surface area contributed by atoms with Crippen molar-refractivity contribution in [3.63, 3.8) is 0 Å². The molecule has 2 aromatic rings. The number of hydrogen-bond donors (Lipinski definition) is 0. The standard InChI is InChI=1S/C21H27ClN4O3S/c1-6-11-29-20(28)25-10-9-14(13-25)15-12-17(24(5)18-8-7-16(22)30-18)26(23-15)19(27)21(2,3)4/h6-8,12,14H,1,9-11,13H2,2-5H3. The normalized spacial score (nSPS) is 16.6. The van der Waals surface area contributed by atoms with Crippen LogP contribution in [0.4, 0.5) is 15.6 Å². The first-order chi connectivity index (χ1) is 14.1. The van der Waals surface area contributed by atoms with Crippen LogP contribution in [0.15, 0.2) is 30.9 Å². The second-order valence-electron chi connectivity index (χ2n) is 8.33. The van der Waals surface area contributed by atoms with Gasteiger partial charge < -0.3 is 14.5 Å². The van der Waals surface area contributed by atoms with Crippen LogP contribution in [0.5, 0.6) is 0 Å². The lowest BCUT2D eigenvalue weighted by Gasteiger charge is -2.22. The molecule has 9 heteroatoms. The van der Waals surface area contributed by atoms with E-state index < -0.39 is 5.41 Å². The number of rotatable bonds is 5. The predicted octanol–water partition coefficient (Wildman–Crippen LogP) is 5.16. The summed E-state index contributed by atoms with van der Waals surface area (Å²) in [6.45, 7) is 10.5. The molecule has 0 spiro atoms. The number of anilines is 2. The number of ether oxygens (including phenoxy) is 1. The fraction of sp³-hybridized carbons (Fsp3) is 0.476. The summed E-state index contributed by atoms with van der Waals surface area (Å²) < 4.78 is 7.29. The molecule has 1 fully saturated rings. The van der Waals surface area contributed by atoms with Gasteiger partial charge in [-0.15, -0.1) is 11.3 Å². The van der Waals surface area contributed by atoms with E-state index >= 15 is 0 Å². The Morgan fingerprint density at radius 3 is 2.77 bits per heavy atom. The summed E-state index contributed by atoms with van der Waals surface area (Å²) in [6.07, 6.45) is 1.95. The largest absolute Gasteiger partial charge is 0.445 e. The molecule has 2 aromatic heterocycles. The van der Waals surface area contributed by atoms with E-state index in [0.29, 0.717) is 23.2 Å². The van der Waals surface area contributed by atoms with Gasteiger partial charge in [-0.1, -0.05) is 45.0 Å². The van der Waals surface area contributed by atoms with Gasteiger partial charge in [0.25, 0.3) is 5.91 Å². The highest BCUT2D eigenvalue weighted by molar-refractivity contribution is 7.20. The average Bonchev–Trinajstić information content (AvgIpc) is 3.42. The summed E-state index contributed by atoms with van der Waals surface area (Å²) in [7, 11) is 1.89. The monoisotopic (exact) mass is 450 g/mol. The molecule has 0 bridgehead atoms. The molecule has 1 saturated heterocycles. The molecule has 1 aliphatic rings. The van der Waals surface area contributed by atoms with Crippen LogP contribution >= 0.6 is 22.9 Å². The maximum absolute atomic E-state index is 13.1. The quantitative estimate of drug-likeness (QED) is 0.588. The van der Waals surface area contributed by atoms with Crippen molar-refractivity contribution in [1.29, 1.82) is 0 Å². The molecule has 7 nitrogen and oxygen atoms in total. The summed E-state index contributed by atoms with van der Waals surface area (Å²) in [5, 5.41) is 5.58. The van der Waals surface area contributed by atoms with E-state index in [1.54, 1.807) is 11.0 Å². The lowest BCUT2D eigenvalue weighted by Crippen LogP contribution is -2.30. The fourth-order valence-electron chi connectivity index (χ4n) is 3.28. The molecule has 3 heterocycles. The number of aromatic nitrogens is 2. The number of thiophene rings is 1. The van der Waals surface area contributed by atoms with E-state index in [1.807, 2.05) is 50.9 Å². The zero-order chi connectivity index (χ0) is 22.1. The first-order valence-electron chi connectivity index (χ1n) is 9.78. The second kappa shape index (κ2) is 8.81. The van der Waals surface area contributed by atoms with Gasteiger partial charge in [-0.25, -0.2) is 4.79 Å². The van der Waals surface area contributed by atoms with Crippen LogP contribution < -0.4 is 4.90 Å². The third-order valence-corrected chi connectivity index (χ3v) is 6.27. The van der Waals surface area contributed by atoms with Crippen LogP contribution in [0.1, 0.15) is 43.6 Å². The maximum Gasteiger partial charge on any atom is 0.410 e. The number of carbonyl (C=O) groups is 2. The molecule has 1 unspecified atom stereocenters. The molecular formula is C21H27ClN4O3S. The topological polar surface area (TPSA) is 67.7 Å². The van der Waals surface area contributed by atoms with Crippen LogP contribution in [0.3, 0.4) is 0 Å². The van der Waals surface area contributed by atoms with Gasteiger partial charge >= 0.3 is 6.09 Å². The van der Waals surface area contributed by atoms with Crippen molar-refractivity contribution in [3.05, 3.63) is 40.9 Å². The minimum atomic E-state index is -0.595. The Morgan fingerprint density at radius 2 is 2.17 bits per heavy atom. The Bertz CT molecular complexity index is 946. The van der Waals surface area contributed by atoms with Crippen LogP contribution in [0.25, 0.3) is 0 Å². The highest BCUT2D eigenvalue weighted by Gasteiger charge is 2.33. The Balaban J connectivity index is 1.89. The van der Waals surface area contributed by atoms with Crippen molar-refractivity contribution in [2.75, 3.05) is 31.6 Å². The van der Waals surface area contributed by atoms with Crippen molar-refractivity contribution in [1.82, 2.24) is 14.7 Å². The van der Waals surface area contributed by atoms with Gasteiger partial charge in [-0.05, 0) is 18.6 Å². The molecule has 0 radical (unpaired) electrons. The molecule has 0 aromatic carbocycles. The number of hydrogen-bond acceptors (Lipinski definition) is 6. The Kier molecular flexibility index (Phi) is 6.57. The summed E-state index contributed by atoms with van der Waals surface area (Å²) in [6, 6.07) is 5.67. The fourth-order valence-corrected chi connectivity index (χ4v) is 4.28. The molecule has 0 N–H and O–H groups in total. The third kappa shape index (κ3) is 4.70. The average molecular weight is 451 g/mol. The summed E-state index contributed by atoms with van der Waals surface area (Å²) in [5.41, 5.74) is 0.193. The van der Waals surface area contributed by atoms with Crippen molar-refractivity contribution in [3.8, 4) is 0 Å². The Labute approximate surface area is 185 Å². The number of halogens is 1. The minimum absolute atomic E-state index is 0.0365. The van der Waals surface area contributed by atoms with Gasteiger partial charge in [-0.2, -0.15) is 9.78 Å². The van der Waals surface area contributed by atoms with Crippen LogP contribution in [0, 0.1) is 5.41 Å². The van der Waals surface area contributed by atoms with E-state index in [9.17, 15) is 9.59 Å². The van der Waals surface area contributed by atoms with Gasteiger partial charge in [0.15, 0.2) is 0 Å². The van der Waals surface area contributed by atoms with Crippen molar-refractivity contribution >= 4 is 45.8 Å². The van der Waals surface area contributed by atoms with E-state index in [-0.39, 0.29) is 24.5 Å². The van der Waals surface area contributed by atoms with Crippen LogP contribution in [0.2, 0.25) is 4.34 Å². The van der Waals surface area contributed by atoms with Crippen LogP contribution in [-0.4, -0.2) is 53.4 Å². The number of carbonyl (C=O) groups excluding carboxylic acids is 2. The minimum Gasteiger partial charge on any atom is -0.445 e. The van der Waals surface area contributed by atoms with Gasteiger partial charge in [0.2, 0.25) is 0 Å². The van der Waals surface area contributed by atoms with Crippen molar-refractivity contribution < 1.29 is 14.3 Å². The number of likely N-dealkylation sites (tertiary alicyclic amines) is 1. The van der Waals surface area contributed by atoms with E-state index in [4.69, 9.17) is 16.3 Å². The molecule has 0 saturated carbocycles. The molecule has 162 valence electrons. The van der Waals surface area contributed by atoms with Gasteiger partial charge in [0, 0.05) is 37.5 Å². The first-order valence-corrected chi connectivity index (χ1v) is 11.0. The third-order valence-electron chi connectivity index (χ3n) is 4.97. The molecule has 1 amide bonds. The van der Waals surface area contributed by atoms with E-state index in [1.165, 1.54) is 16.0 Å². The zero-order valence-electron chi connectivity index (χ0n) is 17.7. The SMILES string of the molecule is C=CCOC(=O)N1CCC(c2cc(N(C)c3ccc(Cl)s3)n(C(=O)C(C)(C)C)n2)C1. The molecule has 0 aliphatic carbocycles. The predicted molar refractivity (Wildman–Crippen MR) is 120 cm³/mol. The van der Waals surface area contributed by atoms with Crippen LogP contribution in [-0.2, 0) is 4.74 Å². The lowest BCUT2D eigenvalue weighted by molar-refractivity contribution is 0.0750.